The molecule has 0 aliphatic heterocycles. The SMILES string of the molecule is CCN(CC(Nc1ncc(-c2nnc(C(F)F)o2)cn1)c1ccc(F)cc1)S(C)(=O)=O. The minimum absolute atomic E-state index is 0.0491. The van der Waals surface area contributed by atoms with Gasteiger partial charge in [0.25, 0.3) is 11.8 Å². The van der Waals surface area contributed by atoms with Crippen LogP contribution in [-0.4, -0.2) is 52.2 Å². The predicted octanol–water partition coefficient (Wildman–Crippen LogP) is 3.04. The van der Waals surface area contributed by atoms with Crippen LogP contribution in [0.4, 0.5) is 19.1 Å². The highest BCUT2D eigenvalue weighted by molar-refractivity contribution is 7.88. The van der Waals surface area contributed by atoms with E-state index in [0.29, 0.717) is 5.56 Å². The van der Waals surface area contributed by atoms with Crippen LogP contribution >= 0.6 is 0 Å². The molecule has 2 aromatic heterocycles. The number of sulfonamides is 1. The molecule has 31 heavy (non-hydrogen) atoms. The Morgan fingerprint density at radius 2 is 1.77 bits per heavy atom. The van der Waals surface area contributed by atoms with Crippen LogP contribution in [0.1, 0.15) is 30.8 Å². The Morgan fingerprint density at radius 3 is 2.29 bits per heavy atom. The molecular weight excluding hydrogens is 437 g/mol. The molecule has 0 radical (unpaired) electrons. The monoisotopic (exact) mass is 456 g/mol. The number of halogens is 3. The summed E-state index contributed by atoms with van der Waals surface area (Å²) < 4.78 is 68.7. The second-order valence-electron chi connectivity index (χ2n) is 6.50. The minimum atomic E-state index is -3.48. The van der Waals surface area contributed by atoms with E-state index >= 15 is 0 Å². The summed E-state index contributed by atoms with van der Waals surface area (Å²) in [4.78, 5) is 8.22. The summed E-state index contributed by atoms with van der Waals surface area (Å²) in [5, 5.41) is 9.79. The van der Waals surface area contributed by atoms with Gasteiger partial charge in [-0.1, -0.05) is 19.1 Å². The molecule has 9 nitrogen and oxygen atoms in total. The van der Waals surface area contributed by atoms with Crippen LogP contribution < -0.4 is 5.32 Å². The fraction of sp³-hybridized carbons (Fsp3) is 0.333. The molecule has 1 N–H and O–H groups in total. The third-order valence-electron chi connectivity index (χ3n) is 4.31. The largest absolute Gasteiger partial charge is 0.415 e. The van der Waals surface area contributed by atoms with Crippen molar-refractivity contribution in [3.8, 4) is 11.5 Å². The van der Waals surface area contributed by atoms with Crippen molar-refractivity contribution in [3.05, 3.63) is 53.9 Å². The molecule has 0 fully saturated rings. The molecule has 0 aliphatic rings. The highest BCUT2D eigenvalue weighted by atomic mass is 32.2. The molecule has 3 rings (SSSR count). The average molecular weight is 456 g/mol. The van der Waals surface area contributed by atoms with Gasteiger partial charge in [0.05, 0.1) is 17.9 Å². The number of hydrogen-bond donors (Lipinski definition) is 1. The highest BCUT2D eigenvalue weighted by Crippen LogP contribution is 2.24. The van der Waals surface area contributed by atoms with Crippen molar-refractivity contribution in [1.29, 1.82) is 0 Å². The number of rotatable bonds is 9. The van der Waals surface area contributed by atoms with Crippen molar-refractivity contribution in [1.82, 2.24) is 24.5 Å². The zero-order chi connectivity index (χ0) is 22.6. The van der Waals surface area contributed by atoms with Gasteiger partial charge in [0, 0.05) is 25.5 Å². The maximum atomic E-state index is 13.3. The van der Waals surface area contributed by atoms with Crippen LogP contribution in [0.2, 0.25) is 0 Å². The quantitative estimate of drug-likeness (QED) is 0.523. The lowest BCUT2D eigenvalue weighted by molar-refractivity contribution is 0.116. The fourth-order valence-corrected chi connectivity index (χ4v) is 3.63. The number of nitrogens with zero attached hydrogens (tertiary/aromatic N) is 5. The maximum absolute atomic E-state index is 13.3. The lowest BCUT2D eigenvalue weighted by atomic mass is 10.1. The van der Waals surface area contributed by atoms with Crippen LogP contribution in [0.25, 0.3) is 11.5 Å². The summed E-state index contributed by atoms with van der Waals surface area (Å²) in [5.74, 6) is -1.27. The summed E-state index contributed by atoms with van der Waals surface area (Å²) in [5.41, 5.74) is 0.851. The summed E-state index contributed by atoms with van der Waals surface area (Å²) in [6, 6.07) is 5.00. The first-order valence-corrected chi connectivity index (χ1v) is 10.9. The van der Waals surface area contributed by atoms with Gasteiger partial charge in [0.15, 0.2) is 0 Å². The van der Waals surface area contributed by atoms with Crippen LogP contribution in [0.3, 0.4) is 0 Å². The van der Waals surface area contributed by atoms with Gasteiger partial charge in [-0.3, -0.25) is 0 Å². The van der Waals surface area contributed by atoms with Crippen molar-refractivity contribution < 1.29 is 26.0 Å². The summed E-state index contributed by atoms with van der Waals surface area (Å²) in [6.07, 6.45) is 0.805. The van der Waals surface area contributed by atoms with Gasteiger partial charge in [-0.05, 0) is 17.7 Å². The van der Waals surface area contributed by atoms with Crippen LogP contribution in [0.5, 0.6) is 0 Å². The Balaban J connectivity index is 1.83. The molecule has 0 saturated carbocycles. The van der Waals surface area contributed by atoms with Gasteiger partial charge >= 0.3 is 6.43 Å². The first-order chi connectivity index (χ1) is 14.7. The molecule has 1 unspecified atom stereocenters. The lowest BCUT2D eigenvalue weighted by Gasteiger charge is -2.26. The molecule has 2 heterocycles. The molecule has 3 aromatic rings. The standard InChI is InChI=1S/C18H19F3N6O3S/c1-3-27(31(2,28)29)10-14(11-4-6-13(19)7-5-11)24-18-22-8-12(9-23-18)16-25-26-17(30-16)15(20)21/h4-9,14-15H,3,10H2,1-2H3,(H,22,23,24). The van der Waals surface area contributed by atoms with E-state index < -0.39 is 34.2 Å². The Labute approximate surface area is 176 Å². The van der Waals surface area contributed by atoms with Crippen molar-refractivity contribution in [3.63, 3.8) is 0 Å². The first kappa shape index (κ1) is 22.6. The number of nitrogens with one attached hydrogen (secondary N) is 1. The summed E-state index contributed by atoms with van der Waals surface area (Å²) in [7, 11) is -3.48. The van der Waals surface area contributed by atoms with E-state index in [-0.39, 0.29) is 30.5 Å². The maximum Gasteiger partial charge on any atom is 0.314 e. The summed E-state index contributed by atoms with van der Waals surface area (Å²) in [6.45, 7) is 1.99. The van der Waals surface area contributed by atoms with Crippen LogP contribution in [0.15, 0.2) is 41.1 Å². The average Bonchev–Trinajstić information content (AvgIpc) is 3.22. The first-order valence-electron chi connectivity index (χ1n) is 9.08. The van der Waals surface area contributed by atoms with Crippen molar-refractivity contribution in [2.24, 2.45) is 0 Å². The zero-order valence-electron chi connectivity index (χ0n) is 16.5. The third kappa shape index (κ3) is 5.76. The lowest BCUT2D eigenvalue weighted by Crippen LogP contribution is -2.36. The van der Waals surface area contributed by atoms with Gasteiger partial charge in [-0.15, -0.1) is 10.2 Å². The van der Waals surface area contributed by atoms with Crippen molar-refractivity contribution >= 4 is 16.0 Å². The molecule has 1 aromatic carbocycles. The molecule has 1 atom stereocenters. The van der Waals surface area contributed by atoms with Gasteiger partial charge in [0.1, 0.15) is 5.82 Å². The van der Waals surface area contributed by atoms with Gasteiger partial charge in [0.2, 0.25) is 16.0 Å². The number of benzene rings is 1. The Morgan fingerprint density at radius 1 is 1.13 bits per heavy atom. The molecular formula is C18H19F3N6O3S. The van der Waals surface area contributed by atoms with Gasteiger partial charge < -0.3 is 9.73 Å². The molecule has 0 spiro atoms. The number of alkyl halides is 2. The van der Waals surface area contributed by atoms with E-state index in [2.05, 4.69) is 25.5 Å². The second kappa shape index (κ2) is 9.39. The van der Waals surface area contributed by atoms with E-state index in [1.165, 1.54) is 41.0 Å². The van der Waals surface area contributed by atoms with E-state index in [1.807, 2.05) is 0 Å². The molecule has 0 amide bonds. The van der Waals surface area contributed by atoms with E-state index in [4.69, 9.17) is 4.42 Å². The number of hydrogen-bond acceptors (Lipinski definition) is 8. The van der Waals surface area contributed by atoms with Crippen molar-refractivity contribution in [2.75, 3.05) is 24.7 Å². The Kier molecular flexibility index (Phi) is 6.85. The summed E-state index contributed by atoms with van der Waals surface area (Å²) >= 11 is 0. The number of aromatic nitrogens is 4. The van der Waals surface area contributed by atoms with Gasteiger partial charge in [-0.25, -0.2) is 27.1 Å². The second-order valence-corrected chi connectivity index (χ2v) is 8.49. The Hall–Kier alpha value is -3.06. The number of likely N-dealkylation sites (N-methyl/N-ethyl adjacent to an activating group) is 1. The van der Waals surface area contributed by atoms with Crippen LogP contribution in [0, 0.1) is 5.82 Å². The van der Waals surface area contributed by atoms with Gasteiger partial charge in [-0.2, -0.15) is 8.78 Å². The molecule has 0 bridgehead atoms. The molecule has 166 valence electrons. The molecule has 0 saturated heterocycles. The third-order valence-corrected chi connectivity index (χ3v) is 5.66. The Bertz CT molecular complexity index is 1110. The van der Waals surface area contributed by atoms with E-state index in [0.717, 1.165) is 6.26 Å². The normalized spacial score (nSPS) is 13.0. The van der Waals surface area contributed by atoms with Crippen LogP contribution in [-0.2, 0) is 10.0 Å². The fourth-order valence-electron chi connectivity index (χ4n) is 2.74. The van der Waals surface area contributed by atoms with Crippen molar-refractivity contribution in [2.45, 2.75) is 19.4 Å². The smallest absolute Gasteiger partial charge is 0.314 e. The minimum Gasteiger partial charge on any atom is -0.415 e. The van der Waals surface area contributed by atoms with E-state index in [1.54, 1.807) is 6.92 Å². The number of anilines is 1. The predicted molar refractivity (Wildman–Crippen MR) is 105 cm³/mol. The topological polar surface area (TPSA) is 114 Å². The molecule has 0 aliphatic carbocycles. The highest BCUT2D eigenvalue weighted by Gasteiger charge is 2.23. The molecule has 13 heteroatoms. The zero-order valence-corrected chi connectivity index (χ0v) is 17.4. The van der Waals surface area contributed by atoms with E-state index in [9.17, 15) is 21.6 Å².